The summed E-state index contributed by atoms with van der Waals surface area (Å²) in [4.78, 5) is 12.6. The molecule has 0 saturated carbocycles. The maximum Gasteiger partial charge on any atom is 0.256 e. The highest BCUT2D eigenvalue weighted by Gasteiger charge is 2.23. The summed E-state index contributed by atoms with van der Waals surface area (Å²) in [5.74, 6) is 0.721. The number of hydrogen-bond donors (Lipinski definition) is 2. The van der Waals surface area contributed by atoms with Gasteiger partial charge in [0.1, 0.15) is 17.6 Å². The van der Waals surface area contributed by atoms with Crippen LogP contribution in [0.2, 0.25) is 0 Å². The summed E-state index contributed by atoms with van der Waals surface area (Å²) >= 11 is 3.27. The first-order valence-electron chi connectivity index (χ1n) is 8.29. The summed E-state index contributed by atoms with van der Waals surface area (Å²) in [5, 5.41) is 7.92. The molecule has 1 atom stereocenters. The van der Waals surface area contributed by atoms with E-state index in [-0.39, 0.29) is 16.6 Å². The van der Waals surface area contributed by atoms with E-state index in [1.54, 1.807) is 6.07 Å². The zero-order valence-corrected chi connectivity index (χ0v) is 17.2. The lowest BCUT2D eigenvalue weighted by Gasteiger charge is -2.14. The number of sulfonamides is 1. The van der Waals surface area contributed by atoms with Gasteiger partial charge in [-0.05, 0) is 54.0 Å². The molecule has 3 N–H and O–H groups in total. The molecule has 7 nitrogen and oxygen atoms in total. The van der Waals surface area contributed by atoms with Gasteiger partial charge in [0.15, 0.2) is 0 Å². The summed E-state index contributed by atoms with van der Waals surface area (Å²) in [5.41, 5.74) is 1.60. The van der Waals surface area contributed by atoms with Crippen molar-refractivity contribution in [3.8, 4) is 11.5 Å². The number of ether oxygens (including phenoxy) is 2. The first-order chi connectivity index (χ1) is 12.7. The van der Waals surface area contributed by atoms with Gasteiger partial charge in [0, 0.05) is 22.5 Å². The molecule has 2 aromatic rings. The monoisotopic (exact) mass is 454 g/mol. The summed E-state index contributed by atoms with van der Waals surface area (Å²) in [6, 6.07) is 7.59. The van der Waals surface area contributed by atoms with Crippen molar-refractivity contribution in [2.75, 3.05) is 11.9 Å². The molecule has 0 radical (unpaired) electrons. The highest BCUT2D eigenvalue weighted by molar-refractivity contribution is 9.10. The second-order valence-electron chi connectivity index (χ2n) is 6.16. The van der Waals surface area contributed by atoms with Gasteiger partial charge in [-0.25, -0.2) is 13.6 Å². The Hall–Kier alpha value is -2.10. The van der Waals surface area contributed by atoms with Crippen LogP contribution < -0.4 is 19.9 Å². The fraction of sp³-hybridized carbons (Fsp3) is 0.278. The van der Waals surface area contributed by atoms with Crippen molar-refractivity contribution >= 4 is 37.5 Å². The quantitative estimate of drug-likeness (QED) is 0.721. The van der Waals surface area contributed by atoms with Crippen LogP contribution in [0.1, 0.15) is 29.8 Å². The molecule has 9 heteroatoms. The standard InChI is InChI=1S/C18H19BrN2O5S/c1-3-25-17-7-11-6-10(2)26-16(11)9-15(17)21-18(22)13-8-12(27(20,23)24)4-5-14(13)19/h4-5,7-10H,3,6H2,1-2H3,(H,21,22)(H2,20,23,24). The molecular weight excluding hydrogens is 436 g/mol. The van der Waals surface area contributed by atoms with E-state index in [0.29, 0.717) is 28.3 Å². The number of benzene rings is 2. The number of halogens is 1. The van der Waals surface area contributed by atoms with Gasteiger partial charge >= 0.3 is 0 Å². The topological polar surface area (TPSA) is 108 Å². The SMILES string of the molecule is CCOc1cc2c(cc1NC(=O)c1cc(S(N)(=O)=O)ccc1Br)OC(C)C2. The molecule has 27 heavy (non-hydrogen) atoms. The van der Waals surface area contributed by atoms with Gasteiger partial charge in [-0.1, -0.05) is 0 Å². The molecule has 1 amide bonds. The summed E-state index contributed by atoms with van der Waals surface area (Å²) in [6.45, 7) is 4.25. The molecular formula is C18H19BrN2O5S. The number of carbonyl (C=O) groups is 1. The van der Waals surface area contributed by atoms with Gasteiger partial charge in [0.2, 0.25) is 10.0 Å². The number of fused-ring (bicyclic) bond motifs is 1. The van der Waals surface area contributed by atoms with Crippen molar-refractivity contribution in [1.29, 1.82) is 0 Å². The van der Waals surface area contributed by atoms with Crippen molar-refractivity contribution in [3.05, 3.63) is 45.9 Å². The number of carbonyl (C=O) groups excluding carboxylic acids is 1. The smallest absolute Gasteiger partial charge is 0.256 e. The Morgan fingerprint density at radius 3 is 2.78 bits per heavy atom. The van der Waals surface area contributed by atoms with Gasteiger partial charge in [-0.15, -0.1) is 0 Å². The van der Waals surface area contributed by atoms with Gasteiger partial charge in [-0.3, -0.25) is 4.79 Å². The first kappa shape index (κ1) is 19.7. The third-order valence-corrected chi connectivity index (χ3v) is 5.66. The summed E-state index contributed by atoms with van der Waals surface area (Å²) < 4.78 is 35.0. The lowest BCUT2D eigenvalue weighted by Crippen LogP contribution is -2.17. The molecule has 1 unspecified atom stereocenters. The van der Waals surface area contributed by atoms with E-state index >= 15 is 0 Å². The number of hydrogen-bond acceptors (Lipinski definition) is 5. The maximum absolute atomic E-state index is 12.8. The zero-order chi connectivity index (χ0) is 19.8. The second-order valence-corrected chi connectivity index (χ2v) is 8.58. The van der Waals surface area contributed by atoms with Crippen LogP contribution in [0, 0.1) is 0 Å². The molecule has 3 rings (SSSR count). The normalized spacial score (nSPS) is 15.8. The van der Waals surface area contributed by atoms with Crippen molar-refractivity contribution in [2.45, 2.75) is 31.3 Å². The molecule has 1 aliphatic rings. The predicted octanol–water partition coefficient (Wildman–Crippen LogP) is 3.07. The molecule has 0 aromatic heterocycles. The van der Waals surface area contributed by atoms with Gasteiger partial charge in [-0.2, -0.15) is 0 Å². The van der Waals surface area contributed by atoms with Gasteiger partial charge in [0.05, 0.1) is 22.8 Å². The minimum atomic E-state index is -3.92. The zero-order valence-electron chi connectivity index (χ0n) is 14.8. The Kier molecular flexibility index (Phi) is 5.45. The van der Waals surface area contributed by atoms with E-state index in [1.807, 2.05) is 19.9 Å². The summed E-state index contributed by atoms with van der Waals surface area (Å²) in [6.07, 6.45) is 0.826. The van der Waals surface area contributed by atoms with Crippen LogP contribution in [0.3, 0.4) is 0 Å². The predicted molar refractivity (Wildman–Crippen MR) is 105 cm³/mol. The average Bonchev–Trinajstić information content (AvgIpc) is 2.93. The maximum atomic E-state index is 12.8. The third-order valence-electron chi connectivity index (χ3n) is 4.06. The van der Waals surface area contributed by atoms with Crippen molar-refractivity contribution in [1.82, 2.24) is 0 Å². The number of amides is 1. The molecule has 2 aromatic carbocycles. The van der Waals surface area contributed by atoms with E-state index in [1.165, 1.54) is 18.2 Å². The lowest BCUT2D eigenvalue weighted by molar-refractivity contribution is 0.102. The number of nitrogens with two attached hydrogens (primary N) is 1. The second kappa shape index (κ2) is 7.49. The van der Waals surface area contributed by atoms with E-state index in [4.69, 9.17) is 14.6 Å². The van der Waals surface area contributed by atoms with E-state index in [9.17, 15) is 13.2 Å². The highest BCUT2D eigenvalue weighted by Crippen LogP contribution is 2.38. The largest absolute Gasteiger partial charge is 0.492 e. The molecule has 0 aliphatic carbocycles. The fourth-order valence-electron chi connectivity index (χ4n) is 2.86. The van der Waals surface area contributed by atoms with Crippen LogP contribution in [0.4, 0.5) is 5.69 Å². The molecule has 0 bridgehead atoms. The molecule has 0 spiro atoms. The van der Waals surface area contributed by atoms with E-state index in [2.05, 4.69) is 21.2 Å². The molecule has 144 valence electrons. The van der Waals surface area contributed by atoms with Gasteiger partial charge < -0.3 is 14.8 Å². The number of rotatable bonds is 5. The Bertz CT molecular complexity index is 1010. The molecule has 1 heterocycles. The Labute approximate surface area is 166 Å². The summed E-state index contributed by atoms with van der Waals surface area (Å²) in [7, 11) is -3.92. The molecule has 0 saturated heterocycles. The molecule has 0 fully saturated rings. The van der Waals surface area contributed by atoms with E-state index < -0.39 is 15.9 Å². The Morgan fingerprint density at radius 2 is 2.11 bits per heavy atom. The minimum absolute atomic E-state index is 0.0565. The van der Waals surface area contributed by atoms with Crippen LogP contribution in [0.5, 0.6) is 11.5 Å². The van der Waals surface area contributed by atoms with Crippen LogP contribution in [0.25, 0.3) is 0 Å². The first-order valence-corrected chi connectivity index (χ1v) is 10.6. The van der Waals surface area contributed by atoms with E-state index in [0.717, 1.165) is 12.0 Å². The number of anilines is 1. The van der Waals surface area contributed by atoms with Gasteiger partial charge in [0.25, 0.3) is 5.91 Å². The number of nitrogens with one attached hydrogen (secondary N) is 1. The fourth-order valence-corrected chi connectivity index (χ4v) is 3.82. The Morgan fingerprint density at radius 1 is 1.37 bits per heavy atom. The average molecular weight is 455 g/mol. The van der Waals surface area contributed by atoms with Crippen molar-refractivity contribution in [3.63, 3.8) is 0 Å². The van der Waals surface area contributed by atoms with Crippen molar-refractivity contribution < 1.29 is 22.7 Å². The van der Waals surface area contributed by atoms with Crippen LogP contribution in [-0.4, -0.2) is 27.0 Å². The number of primary sulfonamides is 1. The van der Waals surface area contributed by atoms with Crippen molar-refractivity contribution in [2.24, 2.45) is 5.14 Å². The van der Waals surface area contributed by atoms with Crippen LogP contribution in [-0.2, 0) is 16.4 Å². The van der Waals surface area contributed by atoms with Crippen LogP contribution >= 0.6 is 15.9 Å². The molecule has 1 aliphatic heterocycles. The highest BCUT2D eigenvalue weighted by atomic mass is 79.9. The Balaban J connectivity index is 1.96. The van der Waals surface area contributed by atoms with Crippen LogP contribution in [0.15, 0.2) is 39.7 Å². The minimum Gasteiger partial charge on any atom is -0.492 e. The lowest BCUT2D eigenvalue weighted by atomic mass is 10.1. The third kappa shape index (κ3) is 4.26.